The molecule has 0 fully saturated rings. The van der Waals surface area contributed by atoms with Gasteiger partial charge < -0.3 is 15.5 Å². The van der Waals surface area contributed by atoms with Crippen LogP contribution >= 0.6 is 0 Å². The van der Waals surface area contributed by atoms with Gasteiger partial charge in [-0.15, -0.1) is 0 Å². The normalized spacial score (nSPS) is 11.6. The average molecular weight is 282 g/mol. The third-order valence-electron chi connectivity index (χ3n) is 2.05. The van der Waals surface area contributed by atoms with Gasteiger partial charge in [0, 0.05) is 21.1 Å². The monoisotopic (exact) mass is 282 g/mol. The Kier molecular flexibility index (Phi) is 4.67. The molecule has 1 aromatic heterocycles. The van der Waals surface area contributed by atoms with Crippen molar-refractivity contribution in [2.75, 3.05) is 43.2 Å². The Morgan fingerprint density at radius 2 is 1.74 bits per heavy atom. The summed E-state index contributed by atoms with van der Waals surface area (Å²) in [4.78, 5) is 13.0. The van der Waals surface area contributed by atoms with Gasteiger partial charge >= 0.3 is 12.3 Å². The van der Waals surface area contributed by atoms with Crippen molar-refractivity contribution in [1.29, 1.82) is 0 Å². The second-order valence-electron chi connectivity index (χ2n) is 3.84. The summed E-state index contributed by atoms with van der Waals surface area (Å²) in [7, 11) is 4.82. The first-order valence-corrected chi connectivity index (χ1v) is 5.27. The number of anilines is 3. The van der Waals surface area contributed by atoms with Gasteiger partial charge in [0.25, 0.3) is 0 Å². The summed E-state index contributed by atoms with van der Waals surface area (Å²) in [5.41, 5.74) is 0. The van der Waals surface area contributed by atoms with Crippen LogP contribution in [0.1, 0.15) is 0 Å². The lowest BCUT2D eigenvalue weighted by Gasteiger charge is -2.17. The van der Waals surface area contributed by atoms with Crippen molar-refractivity contribution in [2.24, 2.45) is 0 Å². The molecular weight excluding hydrogens is 268 g/mol. The van der Waals surface area contributed by atoms with Crippen molar-refractivity contribution < 1.29 is 17.6 Å². The van der Waals surface area contributed by atoms with Crippen LogP contribution < -0.4 is 15.5 Å². The highest BCUT2D eigenvalue weighted by molar-refractivity contribution is 5.42. The Bertz CT molecular complexity index is 425. The lowest BCUT2D eigenvalue weighted by atomic mass is 10.3. The molecule has 6 nitrogen and oxygen atoms in total. The zero-order valence-corrected chi connectivity index (χ0v) is 10.6. The van der Waals surface area contributed by atoms with Crippen LogP contribution in [0, 0.1) is 0 Å². The molecule has 0 saturated heterocycles. The van der Waals surface area contributed by atoms with Gasteiger partial charge in [-0.25, -0.2) is 8.78 Å². The summed E-state index contributed by atoms with van der Waals surface area (Å²) in [6, 6.07) is 0. The molecule has 0 unspecified atom stereocenters. The van der Waals surface area contributed by atoms with Crippen LogP contribution in [0.25, 0.3) is 0 Å². The van der Waals surface area contributed by atoms with E-state index in [4.69, 9.17) is 0 Å². The van der Waals surface area contributed by atoms with E-state index >= 15 is 0 Å². The SMILES string of the molecule is CNc1nc(NCC(F)(F)C(F)F)nc(N(C)C)n1. The highest BCUT2D eigenvalue weighted by atomic mass is 19.3. The number of rotatable bonds is 6. The zero-order chi connectivity index (χ0) is 14.6. The Hall–Kier alpha value is -1.87. The van der Waals surface area contributed by atoms with Gasteiger partial charge in [-0.05, 0) is 0 Å². The summed E-state index contributed by atoms with van der Waals surface area (Å²) in [5, 5.41) is 4.70. The Labute approximate surface area is 107 Å². The molecule has 0 aliphatic rings. The number of alkyl halides is 4. The van der Waals surface area contributed by atoms with Crippen LogP contribution in [0.2, 0.25) is 0 Å². The van der Waals surface area contributed by atoms with E-state index in [1.54, 1.807) is 14.1 Å². The fourth-order valence-electron chi connectivity index (χ4n) is 1.03. The van der Waals surface area contributed by atoms with Crippen LogP contribution in [0.15, 0.2) is 0 Å². The number of halogens is 4. The van der Waals surface area contributed by atoms with Crippen LogP contribution in [0.3, 0.4) is 0 Å². The fraction of sp³-hybridized carbons (Fsp3) is 0.667. The minimum absolute atomic E-state index is 0.140. The van der Waals surface area contributed by atoms with E-state index in [9.17, 15) is 17.6 Å². The van der Waals surface area contributed by atoms with Crippen LogP contribution in [-0.2, 0) is 0 Å². The molecule has 0 aliphatic carbocycles. The molecule has 0 saturated carbocycles. The van der Waals surface area contributed by atoms with Crippen molar-refractivity contribution in [3.63, 3.8) is 0 Å². The maximum Gasteiger partial charge on any atom is 0.324 e. The predicted molar refractivity (Wildman–Crippen MR) is 63.1 cm³/mol. The lowest BCUT2D eigenvalue weighted by Crippen LogP contribution is -2.35. The van der Waals surface area contributed by atoms with Gasteiger partial charge in [0.05, 0.1) is 6.54 Å². The van der Waals surface area contributed by atoms with E-state index in [0.717, 1.165) is 0 Å². The van der Waals surface area contributed by atoms with Crippen molar-refractivity contribution in [3.8, 4) is 0 Å². The summed E-state index contributed by atoms with van der Waals surface area (Å²) >= 11 is 0. The van der Waals surface area contributed by atoms with Gasteiger partial charge in [0.1, 0.15) is 0 Å². The molecular formula is C9H14F4N6. The Balaban J connectivity index is 2.86. The predicted octanol–water partition coefficient (Wildman–Crippen LogP) is 1.29. The van der Waals surface area contributed by atoms with Gasteiger partial charge in [-0.2, -0.15) is 23.7 Å². The van der Waals surface area contributed by atoms with E-state index in [1.165, 1.54) is 11.9 Å². The zero-order valence-electron chi connectivity index (χ0n) is 10.6. The van der Waals surface area contributed by atoms with Crippen LogP contribution in [-0.4, -0.2) is 55.0 Å². The third-order valence-corrected chi connectivity index (χ3v) is 2.05. The molecule has 0 aliphatic heterocycles. The van der Waals surface area contributed by atoms with E-state index < -0.39 is 18.9 Å². The highest BCUT2D eigenvalue weighted by Crippen LogP contribution is 2.23. The minimum Gasteiger partial charge on any atom is -0.357 e. The molecule has 0 bridgehead atoms. The van der Waals surface area contributed by atoms with Gasteiger partial charge in [0.2, 0.25) is 17.8 Å². The first-order valence-electron chi connectivity index (χ1n) is 5.27. The van der Waals surface area contributed by atoms with E-state index in [-0.39, 0.29) is 17.8 Å². The second-order valence-corrected chi connectivity index (χ2v) is 3.84. The summed E-state index contributed by atoms with van der Waals surface area (Å²) in [5.74, 6) is -4.00. The Morgan fingerprint density at radius 1 is 1.16 bits per heavy atom. The first kappa shape index (κ1) is 15.2. The smallest absolute Gasteiger partial charge is 0.324 e. The summed E-state index contributed by atoms with van der Waals surface area (Å²) in [6.07, 6.45) is -3.75. The number of nitrogens with zero attached hydrogens (tertiary/aromatic N) is 4. The minimum atomic E-state index is -4.15. The Morgan fingerprint density at radius 3 is 2.21 bits per heavy atom. The molecule has 1 aromatic rings. The topological polar surface area (TPSA) is 66.0 Å². The number of hydrogen-bond donors (Lipinski definition) is 2. The van der Waals surface area contributed by atoms with Crippen molar-refractivity contribution in [3.05, 3.63) is 0 Å². The van der Waals surface area contributed by atoms with Gasteiger partial charge in [-0.1, -0.05) is 0 Å². The third kappa shape index (κ3) is 4.07. The lowest BCUT2D eigenvalue weighted by molar-refractivity contribution is -0.117. The van der Waals surface area contributed by atoms with E-state index in [1.807, 2.05) is 0 Å². The number of aromatic nitrogens is 3. The van der Waals surface area contributed by atoms with Crippen LogP contribution in [0.4, 0.5) is 35.4 Å². The maximum atomic E-state index is 12.8. The van der Waals surface area contributed by atoms with Gasteiger partial charge in [-0.3, -0.25) is 0 Å². The molecule has 0 amide bonds. The molecule has 0 radical (unpaired) electrons. The molecule has 0 aromatic carbocycles. The van der Waals surface area contributed by atoms with Crippen LogP contribution in [0.5, 0.6) is 0 Å². The summed E-state index contributed by atoms with van der Waals surface area (Å²) < 4.78 is 49.5. The average Bonchev–Trinajstić information content (AvgIpc) is 2.35. The maximum absolute atomic E-state index is 12.8. The van der Waals surface area contributed by atoms with E-state index in [2.05, 4.69) is 25.6 Å². The fourth-order valence-corrected chi connectivity index (χ4v) is 1.03. The quantitative estimate of drug-likeness (QED) is 0.767. The second kappa shape index (κ2) is 5.85. The van der Waals surface area contributed by atoms with Crippen molar-refractivity contribution in [2.45, 2.75) is 12.3 Å². The molecule has 0 spiro atoms. The number of hydrogen-bond acceptors (Lipinski definition) is 6. The molecule has 2 N–H and O–H groups in total. The first-order chi connectivity index (χ1) is 8.76. The standard InChI is InChI=1S/C9H14F4N6/c1-14-6-16-7(18-8(17-6)19(2)3)15-4-9(12,13)5(10)11/h5H,4H2,1-3H3,(H2,14,15,16,17,18). The highest BCUT2D eigenvalue weighted by Gasteiger charge is 2.40. The number of nitrogens with one attached hydrogen (secondary N) is 2. The van der Waals surface area contributed by atoms with E-state index in [0.29, 0.717) is 0 Å². The largest absolute Gasteiger partial charge is 0.357 e. The summed E-state index contributed by atoms with van der Waals surface area (Å²) in [6.45, 7) is -1.26. The van der Waals surface area contributed by atoms with Crippen molar-refractivity contribution >= 4 is 17.8 Å². The molecule has 1 heterocycles. The molecule has 1 rings (SSSR count). The van der Waals surface area contributed by atoms with Gasteiger partial charge in [0.15, 0.2) is 0 Å². The molecule has 19 heavy (non-hydrogen) atoms. The van der Waals surface area contributed by atoms with Crippen molar-refractivity contribution in [1.82, 2.24) is 15.0 Å². The molecule has 10 heteroatoms. The molecule has 0 atom stereocenters. The molecule has 108 valence electrons.